The first kappa shape index (κ1) is 58.3. The van der Waals surface area contributed by atoms with Crippen LogP contribution in [0.15, 0.2) is 0 Å². The number of rotatable bonds is 48. The average molecular weight is 854 g/mol. The summed E-state index contributed by atoms with van der Waals surface area (Å²) in [5.41, 5.74) is 0. The first-order valence-corrected chi connectivity index (χ1v) is 25.7. The lowest BCUT2D eigenvalue weighted by atomic mass is 10.0. The Bertz CT molecular complexity index is 954. The van der Waals surface area contributed by atoms with Crippen LogP contribution in [-0.4, -0.2) is 82.3 Å². The van der Waals surface area contributed by atoms with E-state index in [1.807, 2.05) is 21.1 Å². The summed E-state index contributed by atoms with van der Waals surface area (Å²) in [6, 6.07) is 0. The van der Waals surface area contributed by atoms with Gasteiger partial charge in [-0.1, -0.05) is 226 Å². The second-order valence-electron chi connectivity index (χ2n) is 18.8. The van der Waals surface area contributed by atoms with Crippen LogP contribution >= 0.6 is 0 Å². The maximum absolute atomic E-state index is 12.8. The number of carboxylic acids is 1. The average Bonchev–Trinajstić information content (AvgIpc) is 3.21. The van der Waals surface area contributed by atoms with Crippen molar-refractivity contribution >= 4 is 17.9 Å². The number of quaternary nitrogens is 1. The Balaban J connectivity index is 4.30. The number of aliphatic carboxylic acids is 1. The lowest BCUT2D eigenvalue weighted by Gasteiger charge is -2.26. The number of carbonyl (C=O) groups excluding carboxylic acids is 3. The molecular weight excluding hydrogens is 755 g/mol. The van der Waals surface area contributed by atoms with Gasteiger partial charge < -0.3 is 33.3 Å². The molecule has 0 heterocycles. The van der Waals surface area contributed by atoms with Gasteiger partial charge in [-0.2, -0.15) is 0 Å². The molecule has 9 nitrogen and oxygen atoms in total. The third kappa shape index (κ3) is 44.3. The van der Waals surface area contributed by atoms with E-state index in [0.29, 0.717) is 17.4 Å². The van der Waals surface area contributed by atoms with Crippen LogP contribution < -0.4 is 5.11 Å². The van der Waals surface area contributed by atoms with Crippen molar-refractivity contribution in [2.75, 3.05) is 47.5 Å². The zero-order valence-corrected chi connectivity index (χ0v) is 40.4. The minimum Gasteiger partial charge on any atom is -0.545 e. The van der Waals surface area contributed by atoms with Gasteiger partial charge in [0.25, 0.3) is 0 Å². The van der Waals surface area contributed by atoms with E-state index in [2.05, 4.69) is 13.8 Å². The fourth-order valence-corrected chi connectivity index (χ4v) is 7.60. The third-order valence-electron chi connectivity index (χ3n) is 11.6. The fraction of sp³-hybridized carbons (Fsp3) is 0.941. The molecule has 0 fully saturated rings. The highest BCUT2D eigenvalue weighted by Crippen LogP contribution is 2.17. The van der Waals surface area contributed by atoms with Gasteiger partial charge in [0.1, 0.15) is 13.2 Å². The summed E-state index contributed by atoms with van der Waals surface area (Å²) in [6.45, 7) is 4.80. The Morgan fingerprint density at radius 2 is 0.750 bits per heavy atom. The van der Waals surface area contributed by atoms with Crippen molar-refractivity contribution in [2.45, 2.75) is 264 Å². The Hall–Kier alpha value is -1.71. The standard InChI is InChI=1S/C51H99NO8/c1-6-8-10-12-14-16-18-20-22-24-26-28-30-32-34-36-38-40-42-49(54)60-47(46-59-51(50(55)56)57-44-43-52(3,4)5)45-58-48(53)41-39-37-35-33-31-29-27-25-23-21-19-17-15-13-11-9-7-2/h47,51H,6-46H2,1-5H3. The molecule has 0 bridgehead atoms. The summed E-state index contributed by atoms with van der Waals surface area (Å²) in [4.78, 5) is 37.1. The number of likely N-dealkylation sites (N-methyl/N-ethyl adjacent to an activating group) is 1. The number of ether oxygens (including phenoxy) is 4. The molecule has 356 valence electrons. The monoisotopic (exact) mass is 854 g/mol. The van der Waals surface area contributed by atoms with Crippen molar-refractivity contribution in [3.05, 3.63) is 0 Å². The first-order valence-electron chi connectivity index (χ1n) is 25.7. The number of carboxylic acid groups (broad SMARTS) is 1. The van der Waals surface area contributed by atoms with Gasteiger partial charge in [-0.25, -0.2) is 0 Å². The Labute approximate surface area is 371 Å². The molecule has 0 amide bonds. The summed E-state index contributed by atoms with van der Waals surface area (Å²) >= 11 is 0. The molecule has 0 saturated heterocycles. The van der Waals surface area contributed by atoms with Gasteiger partial charge in [0.05, 0.1) is 40.3 Å². The minimum atomic E-state index is -1.61. The van der Waals surface area contributed by atoms with Gasteiger partial charge >= 0.3 is 11.9 Å². The van der Waals surface area contributed by atoms with Crippen molar-refractivity contribution in [1.29, 1.82) is 0 Å². The molecule has 0 rings (SSSR count). The molecule has 0 radical (unpaired) electrons. The highest BCUT2D eigenvalue weighted by atomic mass is 16.7. The number of nitrogens with zero attached hydrogens (tertiary/aromatic N) is 1. The smallest absolute Gasteiger partial charge is 0.306 e. The van der Waals surface area contributed by atoms with Gasteiger partial charge in [-0.15, -0.1) is 0 Å². The molecular formula is C51H99NO8. The van der Waals surface area contributed by atoms with Crippen LogP contribution in [-0.2, 0) is 33.3 Å². The summed E-state index contributed by atoms with van der Waals surface area (Å²) < 4.78 is 22.7. The third-order valence-corrected chi connectivity index (χ3v) is 11.6. The van der Waals surface area contributed by atoms with E-state index in [1.165, 1.54) is 186 Å². The fourth-order valence-electron chi connectivity index (χ4n) is 7.60. The summed E-state index contributed by atoms with van der Waals surface area (Å²) in [7, 11) is 5.93. The zero-order chi connectivity index (χ0) is 44.2. The van der Waals surface area contributed by atoms with E-state index >= 15 is 0 Å². The maximum atomic E-state index is 12.8. The predicted molar refractivity (Wildman–Crippen MR) is 247 cm³/mol. The predicted octanol–water partition coefficient (Wildman–Crippen LogP) is 12.7. The lowest BCUT2D eigenvalue weighted by molar-refractivity contribution is -0.870. The van der Waals surface area contributed by atoms with Gasteiger partial charge in [0, 0.05) is 12.8 Å². The van der Waals surface area contributed by atoms with Crippen LogP contribution in [0, 0.1) is 0 Å². The van der Waals surface area contributed by atoms with E-state index in [0.717, 1.165) is 38.5 Å². The Morgan fingerprint density at radius 3 is 1.07 bits per heavy atom. The van der Waals surface area contributed by atoms with E-state index in [4.69, 9.17) is 18.9 Å². The van der Waals surface area contributed by atoms with Gasteiger partial charge in [0.15, 0.2) is 12.4 Å². The topological polar surface area (TPSA) is 111 Å². The highest BCUT2D eigenvalue weighted by molar-refractivity contribution is 5.70. The van der Waals surface area contributed by atoms with Crippen LogP contribution in [0.3, 0.4) is 0 Å². The molecule has 0 aliphatic carbocycles. The highest BCUT2D eigenvalue weighted by Gasteiger charge is 2.22. The first-order chi connectivity index (χ1) is 29.1. The molecule has 0 saturated carbocycles. The van der Waals surface area contributed by atoms with E-state index in [9.17, 15) is 19.5 Å². The number of unbranched alkanes of at least 4 members (excludes halogenated alkanes) is 33. The van der Waals surface area contributed by atoms with Crippen molar-refractivity contribution in [2.24, 2.45) is 0 Å². The normalized spacial score (nSPS) is 12.8. The molecule has 0 aromatic rings. The van der Waals surface area contributed by atoms with E-state index in [1.54, 1.807) is 0 Å². The molecule has 0 aromatic heterocycles. The summed E-state index contributed by atoms with van der Waals surface area (Å²) in [5.74, 6) is -2.26. The number of carbonyl (C=O) groups is 3. The molecule has 2 atom stereocenters. The molecule has 9 heteroatoms. The number of hydrogen-bond acceptors (Lipinski definition) is 8. The second kappa shape index (κ2) is 43.9. The minimum absolute atomic E-state index is 0.153. The zero-order valence-electron chi connectivity index (χ0n) is 40.4. The van der Waals surface area contributed by atoms with Crippen molar-refractivity contribution in [3.63, 3.8) is 0 Å². The molecule has 60 heavy (non-hydrogen) atoms. The molecule has 0 aliphatic heterocycles. The second-order valence-corrected chi connectivity index (χ2v) is 18.8. The van der Waals surface area contributed by atoms with Crippen LogP contribution in [0.1, 0.15) is 251 Å². The molecule has 0 N–H and O–H groups in total. The lowest BCUT2D eigenvalue weighted by Crippen LogP contribution is -2.44. The van der Waals surface area contributed by atoms with Crippen molar-refractivity contribution in [3.8, 4) is 0 Å². The largest absolute Gasteiger partial charge is 0.545 e. The summed E-state index contributed by atoms with van der Waals surface area (Å²) in [6.07, 6.45) is 42.7. The van der Waals surface area contributed by atoms with E-state index < -0.39 is 24.3 Å². The van der Waals surface area contributed by atoms with Crippen LogP contribution in [0.2, 0.25) is 0 Å². The Kier molecular flexibility index (Phi) is 42.7. The van der Waals surface area contributed by atoms with Gasteiger partial charge in [-0.3, -0.25) is 9.59 Å². The molecule has 0 aliphatic rings. The van der Waals surface area contributed by atoms with Gasteiger partial charge in [0.2, 0.25) is 0 Å². The molecule has 0 aromatic carbocycles. The van der Waals surface area contributed by atoms with Crippen LogP contribution in [0.5, 0.6) is 0 Å². The molecule has 2 unspecified atom stereocenters. The summed E-state index contributed by atoms with van der Waals surface area (Å²) in [5, 5.41) is 11.7. The van der Waals surface area contributed by atoms with Gasteiger partial charge in [-0.05, 0) is 12.8 Å². The van der Waals surface area contributed by atoms with Crippen LogP contribution in [0.25, 0.3) is 0 Å². The number of hydrogen-bond donors (Lipinski definition) is 0. The van der Waals surface area contributed by atoms with Crippen molar-refractivity contribution in [1.82, 2.24) is 0 Å². The molecule has 0 spiro atoms. The van der Waals surface area contributed by atoms with Crippen LogP contribution in [0.4, 0.5) is 0 Å². The Morgan fingerprint density at radius 1 is 0.433 bits per heavy atom. The van der Waals surface area contributed by atoms with Crippen molar-refractivity contribution < 1.29 is 42.9 Å². The quantitative estimate of drug-likeness (QED) is 0.0257. The van der Waals surface area contributed by atoms with E-state index in [-0.39, 0.29) is 32.2 Å². The number of esters is 2. The SMILES string of the molecule is CCCCCCCCCCCCCCCCCCCCC(=O)OC(COC(=O)CCCCCCCCCCCCCCCCCCC)COC(OCC[N+](C)(C)C)C(=O)[O-]. The maximum Gasteiger partial charge on any atom is 0.306 e.